The predicted molar refractivity (Wildman–Crippen MR) is 83.0 cm³/mol. The van der Waals surface area contributed by atoms with E-state index in [-0.39, 0.29) is 29.5 Å². The lowest BCUT2D eigenvalue weighted by atomic mass is 10.1. The second-order valence-electron chi connectivity index (χ2n) is 5.11. The van der Waals surface area contributed by atoms with Crippen LogP contribution in [0.25, 0.3) is 10.9 Å². The molecular formula is C17H13NO5. The second kappa shape index (κ2) is 5.49. The molecule has 23 heavy (non-hydrogen) atoms. The Morgan fingerprint density at radius 3 is 2.26 bits per heavy atom. The number of fused-ring (bicyclic) bond motifs is 1. The van der Waals surface area contributed by atoms with E-state index >= 15 is 0 Å². The van der Waals surface area contributed by atoms with E-state index in [0.717, 1.165) is 0 Å². The third-order valence-electron chi connectivity index (χ3n) is 3.61. The van der Waals surface area contributed by atoms with E-state index < -0.39 is 5.97 Å². The van der Waals surface area contributed by atoms with E-state index in [1.54, 1.807) is 30.3 Å². The molecule has 0 bridgehead atoms. The van der Waals surface area contributed by atoms with E-state index in [9.17, 15) is 24.9 Å². The molecule has 0 aliphatic heterocycles. The van der Waals surface area contributed by atoms with Gasteiger partial charge in [-0.15, -0.1) is 0 Å². The number of nitrogens with zero attached hydrogens (tertiary/aromatic N) is 1. The summed E-state index contributed by atoms with van der Waals surface area (Å²) in [6.45, 7) is -0.181. The van der Waals surface area contributed by atoms with Crippen molar-refractivity contribution >= 4 is 22.7 Å². The summed E-state index contributed by atoms with van der Waals surface area (Å²) in [4.78, 5) is 23.8. The van der Waals surface area contributed by atoms with E-state index in [0.29, 0.717) is 16.5 Å². The number of aromatic hydroxyl groups is 2. The summed E-state index contributed by atoms with van der Waals surface area (Å²) < 4.78 is 1.31. The van der Waals surface area contributed by atoms with Gasteiger partial charge in [-0.3, -0.25) is 4.79 Å². The lowest BCUT2D eigenvalue weighted by Gasteiger charge is -2.08. The van der Waals surface area contributed by atoms with Crippen LogP contribution in [0.2, 0.25) is 0 Å². The van der Waals surface area contributed by atoms with Crippen LogP contribution in [-0.2, 0) is 6.54 Å². The molecule has 0 saturated carbocycles. The number of Topliss-reactive ketones (excluding diaryl/α,β-unsaturated/α-hetero) is 1. The number of carboxylic acids is 1. The number of rotatable bonds is 4. The zero-order valence-corrected chi connectivity index (χ0v) is 11.9. The molecule has 2 aromatic carbocycles. The van der Waals surface area contributed by atoms with E-state index in [2.05, 4.69) is 0 Å². The zero-order valence-electron chi connectivity index (χ0n) is 11.9. The van der Waals surface area contributed by atoms with Crippen LogP contribution in [-0.4, -0.2) is 31.6 Å². The van der Waals surface area contributed by atoms with Crippen molar-refractivity contribution in [2.45, 2.75) is 6.54 Å². The van der Waals surface area contributed by atoms with Gasteiger partial charge in [-0.1, -0.05) is 30.3 Å². The van der Waals surface area contributed by atoms with Crippen molar-refractivity contribution in [1.29, 1.82) is 0 Å². The summed E-state index contributed by atoms with van der Waals surface area (Å²) in [5.41, 5.74) is 0.741. The van der Waals surface area contributed by atoms with Crippen molar-refractivity contribution in [3.8, 4) is 11.5 Å². The van der Waals surface area contributed by atoms with Gasteiger partial charge in [0.2, 0.25) is 0 Å². The quantitative estimate of drug-likeness (QED) is 0.508. The molecule has 1 heterocycles. The van der Waals surface area contributed by atoms with Gasteiger partial charge in [0.1, 0.15) is 5.69 Å². The number of hydrogen-bond donors (Lipinski definition) is 3. The average Bonchev–Trinajstić information content (AvgIpc) is 2.87. The number of ketones is 1. The molecule has 0 amide bonds. The van der Waals surface area contributed by atoms with Gasteiger partial charge in [-0.25, -0.2) is 4.79 Å². The van der Waals surface area contributed by atoms with Crippen molar-refractivity contribution in [1.82, 2.24) is 4.57 Å². The summed E-state index contributed by atoms with van der Waals surface area (Å²) >= 11 is 0. The summed E-state index contributed by atoms with van der Waals surface area (Å²) in [6, 6.07) is 12.4. The third-order valence-corrected chi connectivity index (χ3v) is 3.61. The molecule has 116 valence electrons. The number of carboxylic acid groups (broad SMARTS) is 1. The summed E-state index contributed by atoms with van der Waals surface area (Å²) in [5.74, 6) is -2.17. The van der Waals surface area contributed by atoms with Gasteiger partial charge < -0.3 is 19.9 Å². The van der Waals surface area contributed by atoms with Crippen molar-refractivity contribution in [3.05, 3.63) is 59.8 Å². The van der Waals surface area contributed by atoms with Crippen LogP contribution in [0, 0.1) is 0 Å². The summed E-state index contributed by atoms with van der Waals surface area (Å²) in [6.07, 6.45) is 0. The first kappa shape index (κ1) is 14.6. The number of benzene rings is 2. The number of phenolic OH excluding ortho intramolecular Hbond substituents is 2. The minimum absolute atomic E-state index is 0.0886. The molecule has 0 aliphatic carbocycles. The highest BCUT2D eigenvalue weighted by Gasteiger charge is 2.19. The topological polar surface area (TPSA) is 99.8 Å². The zero-order chi connectivity index (χ0) is 16.6. The molecule has 3 N–H and O–H groups in total. The molecule has 0 saturated heterocycles. The molecule has 0 unspecified atom stereocenters. The minimum Gasteiger partial charge on any atom is -0.504 e. The predicted octanol–water partition coefficient (Wildman–Crippen LogP) is 2.63. The first-order valence-corrected chi connectivity index (χ1v) is 6.84. The maximum absolute atomic E-state index is 12.4. The lowest BCUT2D eigenvalue weighted by molar-refractivity contribution is 0.0685. The Bertz CT molecular complexity index is 912. The van der Waals surface area contributed by atoms with Gasteiger partial charge in [0.25, 0.3) is 0 Å². The fourth-order valence-corrected chi connectivity index (χ4v) is 2.49. The molecule has 3 aromatic rings. The average molecular weight is 311 g/mol. The summed E-state index contributed by atoms with van der Waals surface area (Å²) in [5, 5.41) is 28.9. The molecule has 3 rings (SSSR count). The molecular weight excluding hydrogens is 298 g/mol. The van der Waals surface area contributed by atoms with Crippen LogP contribution in [0.3, 0.4) is 0 Å². The van der Waals surface area contributed by atoms with Gasteiger partial charge in [-0.05, 0) is 12.1 Å². The van der Waals surface area contributed by atoms with E-state index in [4.69, 9.17) is 0 Å². The fraction of sp³-hybridized carbons (Fsp3) is 0.0588. The van der Waals surface area contributed by atoms with Gasteiger partial charge >= 0.3 is 5.97 Å². The van der Waals surface area contributed by atoms with Gasteiger partial charge in [0, 0.05) is 17.0 Å². The molecule has 6 heteroatoms. The second-order valence-corrected chi connectivity index (χ2v) is 5.11. The van der Waals surface area contributed by atoms with Crippen LogP contribution in [0.4, 0.5) is 0 Å². The first-order valence-electron chi connectivity index (χ1n) is 6.84. The number of phenols is 2. The number of aromatic nitrogens is 1. The minimum atomic E-state index is -1.19. The van der Waals surface area contributed by atoms with Crippen LogP contribution >= 0.6 is 0 Å². The monoisotopic (exact) mass is 311 g/mol. The van der Waals surface area contributed by atoms with E-state index in [1.165, 1.54) is 22.8 Å². The summed E-state index contributed by atoms with van der Waals surface area (Å²) in [7, 11) is 0. The van der Waals surface area contributed by atoms with Crippen molar-refractivity contribution in [3.63, 3.8) is 0 Å². The standard InChI is InChI=1S/C17H13NO5/c19-14-7-11-6-13(17(22)23)18(12(11)8-15(14)20)9-16(21)10-4-2-1-3-5-10/h1-8,19-20H,9H2,(H,22,23). The van der Waals surface area contributed by atoms with Crippen LogP contribution < -0.4 is 0 Å². The molecule has 0 atom stereocenters. The van der Waals surface area contributed by atoms with Crippen LogP contribution in [0.5, 0.6) is 11.5 Å². The Morgan fingerprint density at radius 2 is 1.61 bits per heavy atom. The molecule has 1 aromatic heterocycles. The Labute approximate surface area is 130 Å². The molecule has 0 fully saturated rings. The highest BCUT2D eigenvalue weighted by atomic mass is 16.4. The van der Waals surface area contributed by atoms with Gasteiger partial charge in [0.15, 0.2) is 17.3 Å². The first-order chi connectivity index (χ1) is 11.0. The normalized spacial score (nSPS) is 10.8. The van der Waals surface area contributed by atoms with Crippen LogP contribution in [0.1, 0.15) is 20.8 Å². The highest BCUT2D eigenvalue weighted by Crippen LogP contribution is 2.32. The number of carbonyl (C=O) groups is 2. The lowest BCUT2D eigenvalue weighted by Crippen LogP contribution is -2.15. The van der Waals surface area contributed by atoms with Crippen molar-refractivity contribution < 1.29 is 24.9 Å². The Kier molecular flexibility index (Phi) is 3.50. The van der Waals surface area contributed by atoms with Crippen LogP contribution in [0.15, 0.2) is 48.5 Å². The number of aromatic carboxylic acids is 1. The Balaban J connectivity index is 2.11. The number of hydrogen-bond acceptors (Lipinski definition) is 4. The molecule has 0 radical (unpaired) electrons. The van der Waals surface area contributed by atoms with Gasteiger partial charge in [-0.2, -0.15) is 0 Å². The number of carbonyl (C=O) groups excluding carboxylic acids is 1. The SMILES string of the molecule is O=C(Cn1c(C(=O)O)cc2cc(O)c(O)cc21)c1ccccc1. The molecule has 6 nitrogen and oxygen atoms in total. The third kappa shape index (κ3) is 2.62. The largest absolute Gasteiger partial charge is 0.504 e. The van der Waals surface area contributed by atoms with Crippen molar-refractivity contribution in [2.75, 3.05) is 0 Å². The van der Waals surface area contributed by atoms with Crippen molar-refractivity contribution in [2.24, 2.45) is 0 Å². The maximum atomic E-state index is 12.4. The maximum Gasteiger partial charge on any atom is 0.352 e. The Hall–Kier alpha value is -3.28. The molecule has 0 spiro atoms. The highest BCUT2D eigenvalue weighted by molar-refractivity contribution is 6.00. The Morgan fingerprint density at radius 1 is 0.957 bits per heavy atom. The van der Waals surface area contributed by atoms with E-state index in [1.807, 2.05) is 0 Å². The molecule has 0 aliphatic rings. The van der Waals surface area contributed by atoms with Gasteiger partial charge in [0.05, 0.1) is 12.1 Å². The smallest absolute Gasteiger partial charge is 0.352 e. The fourth-order valence-electron chi connectivity index (χ4n) is 2.49.